The molecule has 6 heavy (non-hydrogen) atoms. The molecule has 0 saturated heterocycles. The summed E-state index contributed by atoms with van der Waals surface area (Å²) in [5.74, 6) is 4.08. The van der Waals surface area contributed by atoms with Crippen molar-refractivity contribution in [1.29, 1.82) is 0 Å². The van der Waals surface area contributed by atoms with E-state index >= 15 is 0 Å². The fourth-order valence-corrected chi connectivity index (χ4v) is 1.01. The Kier molecular flexibility index (Phi) is 0.849. The van der Waals surface area contributed by atoms with E-state index in [0.717, 1.165) is 13.9 Å². The Balaban J connectivity index is 3.05. The molecule has 2 N–H and O–H groups in total. The summed E-state index contributed by atoms with van der Waals surface area (Å²) in [6, 6.07) is 1.93. The first-order chi connectivity index (χ1) is 2.89. The Labute approximate surface area is 38.3 Å². The molecule has 0 aliphatic carbocycles. The second-order valence-electron chi connectivity index (χ2n) is 1.14. The molecule has 2 heteroatoms. The molecule has 0 bridgehead atoms. The molecule has 1 nitrogen and oxygen atoms in total. The van der Waals surface area contributed by atoms with Crippen LogP contribution in [0.25, 0.3) is 0 Å². The summed E-state index contributed by atoms with van der Waals surface area (Å²) in [6.45, 7) is 0. The van der Waals surface area contributed by atoms with Gasteiger partial charge >= 0.3 is 0 Å². The molecule has 0 saturated carbocycles. The number of nitrogen functional groups attached to an aromatic ring is 1. The molecule has 1 heterocycles. The third-order valence-corrected chi connectivity index (χ3v) is 1.48. The summed E-state index contributed by atoms with van der Waals surface area (Å²) in [4.78, 5) is 0. The quantitative estimate of drug-likeness (QED) is 0.521. The van der Waals surface area contributed by atoms with Crippen molar-refractivity contribution in [1.82, 2.24) is 0 Å². The zero-order valence-corrected chi connectivity index (χ0v) is 4.31. The lowest BCUT2D eigenvalue weighted by atomic mass is 10.6. The van der Waals surface area contributed by atoms with Crippen LogP contribution in [0.3, 0.4) is 0 Å². The van der Waals surface area contributed by atoms with E-state index in [2.05, 4.69) is 5.80 Å². The van der Waals surface area contributed by atoms with E-state index in [9.17, 15) is 0 Å². The van der Waals surface area contributed by atoms with Crippen LogP contribution in [0.5, 0.6) is 0 Å². The van der Waals surface area contributed by atoms with Crippen LogP contribution in [0.1, 0.15) is 0 Å². The van der Waals surface area contributed by atoms with Gasteiger partial charge in [0.05, 0.1) is 0 Å². The van der Waals surface area contributed by atoms with Crippen molar-refractivity contribution in [3.63, 3.8) is 0 Å². The van der Waals surface area contributed by atoms with Crippen LogP contribution in [0.2, 0.25) is 0 Å². The van der Waals surface area contributed by atoms with Crippen molar-refractivity contribution in [2.45, 2.75) is 0 Å². The molecule has 0 aromatic carbocycles. The molecule has 1 rings (SSSR count). The van der Waals surface area contributed by atoms with Crippen LogP contribution < -0.4 is 5.73 Å². The molecule has 1 aromatic rings. The van der Waals surface area contributed by atoms with Crippen LogP contribution in [0.4, 0.5) is 5.69 Å². The molecule has 0 aliphatic heterocycles. The standard InChI is InChI=1S/C4H6NP/c5-4-1-2-6-3-4/h1-3,6H,5H2. The third-order valence-electron chi connectivity index (χ3n) is 0.622. The number of hydrogen-bond acceptors (Lipinski definition) is 1. The number of nitrogens with two attached hydrogens (primary N) is 1. The van der Waals surface area contributed by atoms with Crippen molar-refractivity contribution in [3.05, 3.63) is 17.7 Å². The second-order valence-corrected chi connectivity index (χ2v) is 2.10. The summed E-state index contributed by atoms with van der Waals surface area (Å²) < 4.78 is 0. The third kappa shape index (κ3) is 0.550. The van der Waals surface area contributed by atoms with Gasteiger partial charge in [0, 0.05) is 5.69 Å². The highest BCUT2D eigenvalue weighted by molar-refractivity contribution is 7.28. The average molecular weight is 99.1 g/mol. The molecule has 0 spiro atoms. The molecule has 0 radical (unpaired) electrons. The van der Waals surface area contributed by atoms with Gasteiger partial charge in [-0.05, 0) is 17.7 Å². The van der Waals surface area contributed by atoms with Crippen molar-refractivity contribution in [2.75, 3.05) is 5.73 Å². The second kappa shape index (κ2) is 1.36. The van der Waals surface area contributed by atoms with Gasteiger partial charge in [0.1, 0.15) is 0 Å². The Bertz CT molecular complexity index is 111. The normalized spacial score (nSPS) is 10.0. The minimum Gasteiger partial charge on any atom is -0.398 e. The zero-order valence-electron chi connectivity index (χ0n) is 3.31. The van der Waals surface area contributed by atoms with E-state index in [1.165, 1.54) is 0 Å². The van der Waals surface area contributed by atoms with E-state index in [1.807, 2.05) is 11.9 Å². The van der Waals surface area contributed by atoms with Crippen molar-refractivity contribution < 1.29 is 0 Å². The maximum absolute atomic E-state index is 5.32. The van der Waals surface area contributed by atoms with E-state index in [0.29, 0.717) is 0 Å². The van der Waals surface area contributed by atoms with Gasteiger partial charge in [0.15, 0.2) is 0 Å². The summed E-state index contributed by atoms with van der Waals surface area (Å²) in [5.41, 5.74) is 6.23. The molecule has 1 aromatic heterocycles. The van der Waals surface area contributed by atoms with Crippen molar-refractivity contribution >= 4 is 13.9 Å². The number of anilines is 1. The molecular formula is C4H6NP. The number of rotatable bonds is 0. The van der Waals surface area contributed by atoms with Gasteiger partial charge in [0.2, 0.25) is 0 Å². The first kappa shape index (κ1) is 3.76. The summed E-state index contributed by atoms with van der Waals surface area (Å²) >= 11 is 0. The van der Waals surface area contributed by atoms with Gasteiger partial charge < -0.3 is 5.73 Å². The monoisotopic (exact) mass is 99.0 g/mol. The lowest BCUT2D eigenvalue weighted by molar-refractivity contribution is 1.89. The summed E-state index contributed by atoms with van der Waals surface area (Å²) in [7, 11) is 0.821. The Morgan fingerprint density at radius 2 is 2.50 bits per heavy atom. The fourth-order valence-electron chi connectivity index (χ4n) is 0.337. The van der Waals surface area contributed by atoms with Gasteiger partial charge in [-0.25, -0.2) is 0 Å². The Hall–Kier alpha value is -0.420. The van der Waals surface area contributed by atoms with E-state index in [4.69, 9.17) is 5.73 Å². The Morgan fingerprint density at radius 3 is 2.67 bits per heavy atom. The van der Waals surface area contributed by atoms with Gasteiger partial charge in [-0.1, -0.05) is 0 Å². The van der Waals surface area contributed by atoms with Crippen molar-refractivity contribution in [2.24, 2.45) is 0 Å². The lowest BCUT2D eigenvalue weighted by Gasteiger charge is -1.69. The van der Waals surface area contributed by atoms with Crippen LogP contribution in [-0.4, -0.2) is 0 Å². The maximum atomic E-state index is 5.32. The van der Waals surface area contributed by atoms with Gasteiger partial charge in [0.25, 0.3) is 0 Å². The predicted molar refractivity (Wildman–Crippen MR) is 30.4 cm³/mol. The van der Waals surface area contributed by atoms with E-state index < -0.39 is 0 Å². The molecule has 32 valence electrons. The molecular weight excluding hydrogens is 93.0 g/mol. The molecule has 0 aliphatic rings. The van der Waals surface area contributed by atoms with E-state index in [-0.39, 0.29) is 0 Å². The lowest BCUT2D eigenvalue weighted by Crippen LogP contribution is -1.74. The molecule has 1 atom stereocenters. The van der Waals surface area contributed by atoms with Crippen LogP contribution in [0, 0.1) is 0 Å². The van der Waals surface area contributed by atoms with Gasteiger partial charge in [-0.3, -0.25) is 0 Å². The smallest absolute Gasteiger partial charge is 0.0354 e. The van der Waals surface area contributed by atoms with Crippen LogP contribution >= 0.6 is 8.19 Å². The first-order valence-corrected chi connectivity index (χ1v) is 2.93. The number of hydrogen-bond donors (Lipinski definition) is 1. The van der Waals surface area contributed by atoms with Crippen molar-refractivity contribution in [3.8, 4) is 0 Å². The molecule has 0 fully saturated rings. The SMILES string of the molecule is Nc1cc[pH]c1. The highest BCUT2D eigenvalue weighted by Gasteiger charge is 1.73. The Morgan fingerprint density at radius 1 is 1.67 bits per heavy atom. The minimum atomic E-state index is 0.821. The van der Waals surface area contributed by atoms with Gasteiger partial charge in [-0.15, -0.1) is 8.19 Å². The topological polar surface area (TPSA) is 26.0 Å². The average Bonchev–Trinajstić information content (AvgIpc) is 1.86. The first-order valence-electron chi connectivity index (χ1n) is 1.78. The molecule has 1 unspecified atom stereocenters. The van der Waals surface area contributed by atoms with E-state index in [1.54, 1.807) is 0 Å². The zero-order chi connectivity index (χ0) is 4.41. The largest absolute Gasteiger partial charge is 0.398 e. The fraction of sp³-hybridized carbons (Fsp3) is 0. The molecule has 0 amide bonds. The minimum absolute atomic E-state index is 0.821. The predicted octanol–water partition coefficient (Wildman–Crippen LogP) is 1.30. The highest BCUT2D eigenvalue weighted by atomic mass is 31.0. The summed E-state index contributed by atoms with van der Waals surface area (Å²) in [6.07, 6.45) is 0. The van der Waals surface area contributed by atoms with Gasteiger partial charge in [-0.2, -0.15) is 0 Å². The van der Waals surface area contributed by atoms with Crippen LogP contribution in [0.15, 0.2) is 17.7 Å². The maximum Gasteiger partial charge on any atom is 0.0354 e. The van der Waals surface area contributed by atoms with Crippen LogP contribution in [-0.2, 0) is 0 Å². The highest BCUT2D eigenvalue weighted by Crippen LogP contribution is 2.10. The summed E-state index contributed by atoms with van der Waals surface area (Å²) in [5, 5.41) is 0.